The molecule has 1 aromatic rings. The van der Waals surface area contributed by atoms with Crippen molar-refractivity contribution < 1.29 is 19.1 Å². The zero-order valence-corrected chi connectivity index (χ0v) is 15.8. The van der Waals surface area contributed by atoms with Crippen LogP contribution in [0, 0.1) is 5.92 Å². The fourth-order valence-electron chi connectivity index (χ4n) is 2.98. The number of rotatable bonds is 8. The lowest BCUT2D eigenvalue weighted by Gasteiger charge is -2.26. The highest BCUT2D eigenvalue weighted by atomic mass is 16.5. The van der Waals surface area contributed by atoms with Crippen molar-refractivity contribution in [3.05, 3.63) is 29.8 Å². The van der Waals surface area contributed by atoms with E-state index in [1.165, 1.54) is 0 Å². The summed E-state index contributed by atoms with van der Waals surface area (Å²) in [6.07, 6.45) is 1.23. The molecule has 0 aliphatic carbocycles. The highest BCUT2D eigenvalue weighted by Gasteiger charge is 2.51. The normalized spacial score (nSPS) is 19.7. The lowest BCUT2D eigenvalue weighted by atomic mass is 9.87. The first-order valence-corrected chi connectivity index (χ1v) is 8.89. The summed E-state index contributed by atoms with van der Waals surface area (Å²) in [6.45, 7) is 6.20. The van der Waals surface area contributed by atoms with Crippen molar-refractivity contribution in [2.75, 3.05) is 20.2 Å². The van der Waals surface area contributed by atoms with Crippen molar-refractivity contribution in [3.8, 4) is 5.75 Å². The minimum atomic E-state index is -1.15. The van der Waals surface area contributed by atoms with Gasteiger partial charge in [-0.1, -0.05) is 32.9 Å². The molecule has 4 amide bonds. The van der Waals surface area contributed by atoms with Crippen molar-refractivity contribution in [2.24, 2.45) is 5.92 Å². The molecule has 2 rings (SSSR count). The number of benzene rings is 1. The average molecular weight is 361 g/mol. The standard InChI is InChI=1S/C19H27N3O4/c1-5-19(14-6-8-15(26-4)9-7-14)17(24)22(18(25)21-19)12-16(23)20-11-10-13(2)3/h6-9,13H,5,10-12H2,1-4H3,(H,20,23)(H,21,25)/t19-/m1/s1. The van der Waals surface area contributed by atoms with Crippen LogP contribution in [-0.2, 0) is 15.1 Å². The van der Waals surface area contributed by atoms with Crippen molar-refractivity contribution >= 4 is 17.8 Å². The molecule has 1 aromatic carbocycles. The average Bonchev–Trinajstić information content (AvgIpc) is 2.86. The van der Waals surface area contributed by atoms with E-state index in [0.717, 1.165) is 11.3 Å². The smallest absolute Gasteiger partial charge is 0.325 e. The Bertz CT molecular complexity index is 672. The van der Waals surface area contributed by atoms with Crippen molar-refractivity contribution in [3.63, 3.8) is 0 Å². The predicted octanol–water partition coefficient (Wildman–Crippen LogP) is 2.01. The van der Waals surface area contributed by atoms with E-state index in [9.17, 15) is 14.4 Å². The molecule has 142 valence electrons. The predicted molar refractivity (Wildman–Crippen MR) is 97.7 cm³/mol. The Morgan fingerprint density at radius 1 is 1.27 bits per heavy atom. The summed E-state index contributed by atoms with van der Waals surface area (Å²) in [5.74, 6) is 0.387. The fourth-order valence-corrected chi connectivity index (χ4v) is 2.98. The molecule has 1 aliphatic heterocycles. The third-order valence-electron chi connectivity index (χ3n) is 4.63. The SMILES string of the molecule is CC[C@]1(c2ccc(OC)cc2)NC(=O)N(CC(=O)NCCC(C)C)C1=O. The monoisotopic (exact) mass is 361 g/mol. The Labute approximate surface area is 154 Å². The number of hydrogen-bond acceptors (Lipinski definition) is 4. The summed E-state index contributed by atoms with van der Waals surface area (Å²) in [5, 5.41) is 5.52. The summed E-state index contributed by atoms with van der Waals surface area (Å²) in [4.78, 5) is 38.4. The van der Waals surface area contributed by atoms with Crippen molar-refractivity contribution in [2.45, 2.75) is 39.2 Å². The third-order valence-corrected chi connectivity index (χ3v) is 4.63. The van der Waals surface area contributed by atoms with Crippen LogP contribution in [-0.4, -0.2) is 42.9 Å². The molecule has 0 aromatic heterocycles. The first-order chi connectivity index (χ1) is 12.3. The summed E-state index contributed by atoms with van der Waals surface area (Å²) in [6, 6.07) is 6.45. The number of amides is 4. The number of carbonyl (C=O) groups is 3. The van der Waals surface area contributed by atoms with Gasteiger partial charge in [0.2, 0.25) is 5.91 Å². The topological polar surface area (TPSA) is 87.7 Å². The van der Waals surface area contributed by atoms with Gasteiger partial charge in [0.25, 0.3) is 5.91 Å². The van der Waals surface area contributed by atoms with Crippen LogP contribution < -0.4 is 15.4 Å². The van der Waals surface area contributed by atoms with E-state index in [-0.39, 0.29) is 12.5 Å². The number of nitrogens with one attached hydrogen (secondary N) is 2. The number of carbonyl (C=O) groups excluding carboxylic acids is 3. The summed E-state index contributed by atoms with van der Waals surface area (Å²) in [5.41, 5.74) is -0.483. The number of methoxy groups -OCH3 is 1. The first kappa shape index (κ1) is 19.8. The highest BCUT2D eigenvalue weighted by molar-refractivity contribution is 6.09. The van der Waals surface area contributed by atoms with Crippen LogP contribution >= 0.6 is 0 Å². The zero-order chi connectivity index (χ0) is 19.3. The van der Waals surface area contributed by atoms with Gasteiger partial charge in [0.15, 0.2) is 0 Å². The second-order valence-corrected chi connectivity index (χ2v) is 6.84. The molecule has 2 N–H and O–H groups in total. The summed E-state index contributed by atoms with van der Waals surface area (Å²) < 4.78 is 5.14. The van der Waals surface area contributed by atoms with Crippen LogP contribution in [0.15, 0.2) is 24.3 Å². The molecule has 1 aliphatic rings. The van der Waals surface area contributed by atoms with E-state index in [0.29, 0.717) is 30.2 Å². The van der Waals surface area contributed by atoms with Crippen LogP contribution in [0.5, 0.6) is 5.75 Å². The maximum Gasteiger partial charge on any atom is 0.325 e. The van der Waals surface area contributed by atoms with Gasteiger partial charge in [0, 0.05) is 6.54 Å². The van der Waals surface area contributed by atoms with E-state index < -0.39 is 17.5 Å². The molecular formula is C19H27N3O4. The van der Waals surface area contributed by atoms with Gasteiger partial charge < -0.3 is 15.4 Å². The summed E-state index contributed by atoms with van der Waals surface area (Å²) in [7, 11) is 1.56. The second kappa shape index (κ2) is 8.21. The molecule has 26 heavy (non-hydrogen) atoms. The molecule has 1 saturated heterocycles. The lowest BCUT2D eigenvalue weighted by Crippen LogP contribution is -2.45. The molecule has 1 heterocycles. The number of ether oxygens (including phenoxy) is 1. The maximum absolute atomic E-state index is 13.0. The number of nitrogens with zero attached hydrogens (tertiary/aromatic N) is 1. The number of hydrogen-bond donors (Lipinski definition) is 2. The zero-order valence-electron chi connectivity index (χ0n) is 15.8. The van der Waals surface area contributed by atoms with Crippen molar-refractivity contribution in [1.82, 2.24) is 15.5 Å². The van der Waals surface area contributed by atoms with Gasteiger partial charge in [-0.3, -0.25) is 14.5 Å². The molecule has 0 bridgehead atoms. The van der Waals surface area contributed by atoms with Gasteiger partial charge in [-0.25, -0.2) is 4.79 Å². The molecule has 0 radical (unpaired) electrons. The Morgan fingerprint density at radius 3 is 2.46 bits per heavy atom. The number of urea groups is 1. The Morgan fingerprint density at radius 2 is 1.92 bits per heavy atom. The Kier molecular flexibility index (Phi) is 6.23. The van der Waals surface area contributed by atoms with Crippen LogP contribution in [0.4, 0.5) is 4.79 Å². The second-order valence-electron chi connectivity index (χ2n) is 6.84. The molecule has 0 saturated carbocycles. The van der Waals surface area contributed by atoms with Crippen LogP contribution in [0.1, 0.15) is 39.2 Å². The molecule has 1 atom stereocenters. The van der Waals surface area contributed by atoms with Gasteiger partial charge in [-0.05, 0) is 36.5 Å². The minimum absolute atomic E-state index is 0.277. The molecule has 7 nitrogen and oxygen atoms in total. The summed E-state index contributed by atoms with van der Waals surface area (Å²) >= 11 is 0. The molecule has 7 heteroatoms. The van der Waals surface area contributed by atoms with E-state index in [1.807, 2.05) is 6.92 Å². The van der Waals surface area contributed by atoms with Gasteiger partial charge in [-0.15, -0.1) is 0 Å². The lowest BCUT2D eigenvalue weighted by molar-refractivity contribution is -0.135. The van der Waals surface area contributed by atoms with Crippen LogP contribution in [0.3, 0.4) is 0 Å². The largest absolute Gasteiger partial charge is 0.497 e. The number of imide groups is 1. The van der Waals surface area contributed by atoms with Gasteiger partial charge in [0.05, 0.1) is 7.11 Å². The first-order valence-electron chi connectivity index (χ1n) is 8.89. The Balaban J connectivity index is 2.13. The van der Waals surface area contributed by atoms with E-state index in [1.54, 1.807) is 31.4 Å². The fraction of sp³-hybridized carbons (Fsp3) is 0.526. The van der Waals surface area contributed by atoms with Crippen molar-refractivity contribution in [1.29, 1.82) is 0 Å². The maximum atomic E-state index is 13.0. The minimum Gasteiger partial charge on any atom is -0.497 e. The molecular weight excluding hydrogens is 334 g/mol. The molecule has 0 unspecified atom stereocenters. The molecule has 1 fully saturated rings. The van der Waals surface area contributed by atoms with Crippen LogP contribution in [0.2, 0.25) is 0 Å². The van der Waals surface area contributed by atoms with Gasteiger partial charge in [-0.2, -0.15) is 0 Å². The van der Waals surface area contributed by atoms with Gasteiger partial charge >= 0.3 is 6.03 Å². The van der Waals surface area contributed by atoms with E-state index in [2.05, 4.69) is 24.5 Å². The van der Waals surface area contributed by atoms with Gasteiger partial charge in [0.1, 0.15) is 17.8 Å². The Hall–Kier alpha value is -2.57. The highest BCUT2D eigenvalue weighted by Crippen LogP contribution is 2.33. The van der Waals surface area contributed by atoms with E-state index >= 15 is 0 Å². The van der Waals surface area contributed by atoms with E-state index in [4.69, 9.17) is 4.74 Å². The van der Waals surface area contributed by atoms with Crippen LogP contribution in [0.25, 0.3) is 0 Å². The molecule has 0 spiro atoms. The third kappa shape index (κ3) is 3.98. The quantitative estimate of drug-likeness (QED) is 0.694.